The Kier molecular flexibility index (Phi) is 7.29. The maximum atomic E-state index is 9.54. The van der Waals surface area contributed by atoms with Gasteiger partial charge in [-0.1, -0.05) is 34.1 Å². The van der Waals surface area contributed by atoms with Crippen LogP contribution in [0.3, 0.4) is 0 Å². The van der Waals surface area contributed by atoms with Gasteiger partial charge in [-0.15, -0.1) is 0 Å². The van der Waals surface area contributed by atoms with Crippen molar-refractivity contribution in [2.24, 2.45) is 11.8 Å². The van der Waals surface area contributed by atoms with Gasteiger partial charge in [0.05, 0.1) is 0 Å². The molecule has 0 aliphatic heterocycles. The van der Waals surface area contributed by atoms with Crippen LogP contribution in [0.5, 0.6) is 0 Å². The molecule has 2 atom stereocenters. The lowest BCUT2D eigenvalue weighted by atomic mass is 10.1. The number of aliphatic hydroxyl groups excluding tert-OH is 1. The van der Waals surface area contributed by atoms with Crippen LogP contribution < -0.4 is 0 Å². The predicted molar refractivity (Wildman–Crippen MR) is 55.5 cm³/mol. The van der Waals surface area contributed by atoms with Gasteiger partial charge in [-0.3, -0.25) is 0 Å². The molecule has 2 nitrogen and oxygen atoms in total. The third-order valence-corrected chi connectivity index (χ3v) is 2.21. The van der Waals surface area contributed by atoms with Crippen molar-refractivity contribution in [3.8, 4) is 0 Å². The average molecular weight is 188 g/mol. The Morgan fingerprint density at radius 1 is 1.15 bits per heavy atom. The Morgan fingerprint density at radius 2 is 1.77 bits per heavy atom. The molecule has 0 aromatic carbocycles. The molecule has 1 N–H and O–H groups in total. The highest BCUT2D eigenvalue weighted by Crippen LogP contribution is 2.12. The summed E-state index contributed by atoms with van der Waals surface area (Å²) in [5, 5.41) is 9.54. The summed E-state index contributed by atoms with van der Waals surface area (Å²) in [6.07, 6.45) is 2.59. The van der Waals surface area contributed by atoms with Crippen molar-refractivity contribution in [1.29, 1.82) is 0 Å². The molecule has 0 radical (unpaired) electrons. The van der Waals surface area contributed by atoms with E-state index in [2.05, 4.69) is 20.8 Å². The lowest BCUT2D eigenvalue weighted by molar-refractivity contribution is -0.133. The van der Waals surface area contributed by atoms with Gasteiger partial charge in [0.15, 0.2) is 6.29 Å². The van der Waals surface area contributed by atoms with Crippen LogP contribution in [-0.2, 0) is 4.74 Å². The molecule has 80 valence electrons. The largest absolute Gasteiger partial charge is 0.368 e. The van der Waals surface area contributed by atoms with Crippen molar-refractivity contribution in [2.75, 3.05) is 6.61 Å². The first-order valence-electron chi connectivity index (χ1n) is 5.37. The Morgan fingerprint density at radius 3 is 2.23 bits per heavy atom. The third-order valence-electron chi connectivity index (χ3n) is 2.21. The van der Waals surface area contributed by atoms with Gasteiger partial charge in [-0.25, -0.2) is 0 Å². The van der Waals surface area contributed by atoms with Gasteiger partial charge in [-0.05, 0) is 18.8 Å². The van der Waals surface area contributed by atoms with Crippen LogP contribution in [0.25, 0.3) is 0 Å². The van der Waals surface area contributed by atoms with Crippen LogP contribution >= 0.6 is 0 Å². The molecule has 2 heteroatoms. The van der Waals surface area contributed by atoms with E-state index in [9.17, 15) is 5.11 Å². The highest BCUT2D eigenvalue weighted by Gasteiger charge is 2.13. The fraction of sp³-hybridized carbons (Fsp3) is 1.00. The number of hydrogen-bond donors (Lipinski definition) is 1. The highest BCUT2D eigenvalue weighted by molar-refractivity contribution is 4.55. The minimum Gasteiger partial charge on any atom is -0.368 e. The molecule has 0 heterocycles. The van der Waals surface area contributed by atoms with Crippen LogP contribution in [0.4, 0.5) is 0 Å². The van der Waals surface area contributed by atoms with E-state index < -0.39 is 6.29 Å². The van der Waals surface area contributed by atoms with E-state index in [4.69, 9.17) is 4.74 Å². The topological polar surface area (TPSA) is 29.5 Å². The van der Waals surface area contributed by atoms with E-state index in [-0.39, 0.29) is 5.92 Å². The summed E-state index contributed by atoms with van der Waals surface area (Å²) in [7, 11) is 0. The molecule has 0 fully saturated rings. The molecule has 0 aliphatic rings. The summed E-state index contributed by atoms with van der Waals surface area (Å²) in [5.74, 6) is 0.908. The zero-order chi connectivity index (χ0) is 10.3. The molecule has 0 aromatic rings. The maximum absolute atomic E-state index is 9.54. The molecule has 0 spiro atoms. The second-order valence-electron chi connectivity index (χ2n) is 4.21. The average Bonchev–Trinajstić information content (AvgIpc) is 2.04. The summed E-state index contributed by atoms with van der Waals surface area (Å²) < 4.78 is 5.32. The van der Waals surface area contributed by atoms with Gasteiger partial charge < -0.3 is 9.84 Å². The molecule has 0 aliphatic carbocycles. The van der Waals surface area contributed by atoms with Crippen molar-refractivity contribution < 1.29 is 9.84 Å². The predicted octanol–water partition coefficient (Wildman–Crippen LogP) is 2.80. The molecule has 2 unspecified atom stereocenters. The molecule has 0 bridgehead atoms. The highest BCUT2D eigenvalue weighted by atomic mass is 16.6. The Hall–Kier alpha value is -0.0800. The molecule has 0 saturated carbocycles. The van der Waals surface area contributed by atoms with Crippen LogP contribution in [0.15, 0.2) is 0 Å². The first kappa shape index (κ1) is 12.9. The fourth-order valence-corrected chi connectivity index (χ4v) is 1.19. The minimum atomic E-state index is -0.571. The Labute approximate surface area is 82.3 Å². The van der Waals surface area contributed by atoms with Crippen LogP contribution in [0.1, 0.15) is 47.0 Å². The van der Waals surface area contributed by atoms with E-state index in [1.807, 2.05) is 6.92 Å². The third kappa shape index (κ3) is 7.03. The molecule has 0 saturated heterocycles. The van der Waals surface area contributed by atoms with E-state index in [1.165, 1.54) is 0 Å². The molecule has 0 amide bonds. The number of aliphatic hydroxyl groups is 1. The van der Waals surface area contributed by atoms with Crippen LogP contribution in [-0.4, -0.2) is 18.0 Å². The van der Waals surface area contributed by atoms with E-state index >= 15 is 0 Å². The molecule has 13 heavy (non-hydrogen) atoms. The lowest BCUT2D eigenvalue weighted by Crippen LogP contribution is -2.22. The van der Waals surface area contributed by atoms with E-state index in [0.717, 1.165) is 19.3 Å². The smallest absolute Gasteiger partial charge is 0.157 e. The van der Waals surface area contributed by atoms with Crippen molar-refractivity contribution in [3.63, 3.8) is 0 Å². The van der Waals surface area contributed by atoms with Crippen molar-refractivity contribution >= 4 is 0 Å². The van der Waals surface area contributed by atoms with E-state index in [0.29, 0.717) is 12.5 Å². The normalized spacial score (nSPS) is 16.2. The first-order valence-corrected chi connectivity index (χ1v) is 5.37. The summed E-state index contributed by atoms with van der Waals surface area (Å²) in [6.45, 7) is 9.14. The summed E-state index contributed by atoms with van der Waals surface area (Å²) in [4.78, 5) is 0. The van der Waals surface area contributed by atoms with Gasteiger partial charge in [0.1, 0.15) is 0 Å². The fourth-order valence-electron chi connectivity index (χ4n) is 1.19. The molecular formula is C11H24O2. The van der Waals surface area contributed by atoms with Crippen LogP contribution in [0.2, 0.25) is 0 Å². The Balaban J connectivity index is 3.43. The second kappa shape index (κ2) is 7.34. The molecule has 0 aromatic heterocycles. The van der Waals surface area contributed by atoms with Gasteiger partial charge in [-0.2, -0.15) is 0 Å². The Bertz CT molecular complexity index is 113. The number of hydrogen-bond acceptors (Lipinski definition) is 2. The van der Waals surface area contributed by atoms with Crippen molar-refractivity contribution in [2.45, 2.75) is 53.2 Å². The quantitative estimate of drug-likeness (QED) is 0.622. The number of rotatable bonds is 7. The zero-order valence-corrected chi connectivity index (χ0v) is 9.42. The maximum Gasteiger partial charge on any atom is 0.157 e. The summed E-state index contributed by atoms with van der Waals surface area (Å²) in [5.41, 5.74) is 0. The summed E-state index contributed by atoms with van der Waals surface area (Å²) in [6, 6.07) is 0. The second-order valence-corrected chi connectivity index (χ2v) is 4.21. The van der Waals surface area contributed by atoms with Crippen molar-refractivity contribution in [1.82, 2.24) is 0 Å². The zero-order valence-electron chi connectivity index (χ0n) is 9.42. The SMILES string of the molecule is CCCC(C)C(O)OCCC(C)C. The van der Waals surface area contributed by atoms with Gasteiger partial charge in [0.2, 0.25) is 0 Å². The van der Waals surface area contributed by atoms with Gasteiger partial charge in [0.25, 0.3) is 0 Å². The van der Waals surface area contributed by atoms with Gasteiger partial charge in [0, 0.05) is 12.5 Å². The van der Waals surface area contributed by atoms with Crippen LogP contribution in [0, 0.1) is 11.8 Å². The van der Waals surface area contributed by atoms with E-state index in [1.54, 1.807) is 0 Å². The summed E-state index contributed by atoms with van der Waals surface area (Å²) >= 11 is 0. The molecular weight excluding hydrogens is 164 g/mol. The first-order chi connectivity index (χ1) is 6.07. The standard InChI is InChI=1S/C11H24O2/c1-5-6-10(4)11(12)13-8-7-9(2)3/h9-12H,5-8H2,1-4H3. The lowest BCUT2D eigenvalue weighted by Gasteiger charge is -2.19. The van der Waals surface area contributed by atoms with Crippen molar-refractivity contribution in [3.05, 3.63) is 0 Å². The monoisotopic (exact) mass is 188 g/mol. The molecule has 0 rings (SSSR count). The van der Waals surface area contributed by atoms with Gasteiger partial charge >= 0.3 is 0 Å². The number of ether oxygens (including phenoxy) is 1. The minimum absolute atomic E-state index is 0.261.